The molecule has 0 saturated carbocycles. The minimum Gasteiger partial charge on any atom is -0.493 e. The first-order valence-electron chi connectivity index (χ1n) is 10.8. The van der Waals surface area contributed by atoms with Gasteiger partial charge in [0.15, 0.2) is 11.5 Å². The highest BCUT2D eigenvalue weighted by Gasteiger charge is 2.36. The molecule has 1 saturated heterocycles. The number of carbonyl (C=O) groups is 2. The summed E-state index contributed by atoms with van der Waals surface area (Å²) in [6, 6.07) is 3.83. The Morgan fingerprint density at radius 3 is 2.59 bits per heavy atom. The van der Waals surface area contributed by atoms with Crippen LogP contribution in [0.15, 0.2) is 12.1 Å². The Hall–Kier alpha value is -2.58. The number of hydrogen-bond acceptors (Lipinski definition) is 7. The van der Waals surface area contributed by atoms with E-state index in [9.17, 15) is 9.59 Å². The van der Waals surface area contributed by atoms with Crippen LogP contribution in [0.4, 0.5) is 5.00 Å². The third-order valence-electron chi connectivity index (χ3n) is 6.00. The molecule has 8 heteroatoms. The van der Waals surface area contributed by atoms with Gasteiger partial charge in [-0.2, -0.15) is 0 Å². The van der Waals surface area contributed by atoms with Gasteiger partial charge in [-0.05, 0) is 56.9 Å². The summed E-state index contributed by atoms with van der Waals surface area (Å²) >= 11 is 1.43. The summed E-state index contributed by atoms with van der Waals surface area (Å²) < 4.78 is 22.0. The number of carbonyl (C=O) groups excluding carboxylic acids is 2. The number of rotatable bonds is 6. The van der Waals surface area contributed by atoms with Crippen LogP contribution in [0, 0.1) is 5.92 Å². The van der Waals surface area contributed by atoms with Gasteiger partial charge in [0.05, 0.1) is 26.4 Å². The number of thiophene rings is 1. The molecule has 1 aliphatic heterocycles. The van der Waals surface area contributed by atoms with E-state index in [0.29, 0.717) is 47.9 Å². The van der Waals surface area contributed by atoms with Gasteiger partial charge in [-0.3, -0.25) is 4.79 Å². The third kappa shape index (κ3) is 4.09. The third-order valence-corrected chi connectivity index (χ3v) is 7.10. The van der Waals surface area contributed by atoms with Crippen LogP contribution in [0.5, 0.6) is 11.5 Å². The molecular weight excluding hydrogens is 430 g/mol. The highest BCUT2D eigenvalue weighted by molar-refractivity contribution is 7.17. The van der Waals surface area contributed by atoms with Crippen molar-refractivity contribution < 1.29 is 28.5 Å². The molecule has 4 rings (SSSR count). The fraction of sp³-hybridized carbons (Fsp3) is 0.500. The lowest BCUT2D eigenvalue weighted by Crippen LogP contribution is -2.39. The van der Waals surface area contributed by atoms with Gasteiger partial charge in [-0.25, -0.2) is 4.79 Å². The Balaban J connectivity index is 1.72. The highest BCUT2D eigenvalue weighted by atomic mass is 32.1. The van der Waals surface area contributed by atoms with Crippen molar-refractivity contribution in [2.75, 3.05) is 32.8 Å². The molecule has 1 aliphatic carbocycles. The van der Waals surface area contributed by atoms with Crippen LogP contribution < -0.4 is 14.8 Å². The second kappa shape index (κ2) is 8.75. The average molecular weight is 460 g/mol. The topological polar surface area (TPSA) is 83.1 Å². The molecule has 1 aromatic heterocycles. The summed E-state index contributed by atoms with van der Waals surface area (Å²) in [7, 11) is 3.19. The van der Waals surface area contributed by atoms with Crippen molar-refractivity contribution in [2.24, 2.45) is 5.92 Å². The average Bonchev–Trinajstić information content (AvgIpc) is 3.26. The molecule has 1 amide bonds. The Morgan fingerprint density at radius 2 is 1.94 bits per heavy atom. The minimum atomic E-state index is -0.435. The van der Waals surface area contributed by atoms with Crippen LogP contribution in [0.25, 0.3) is 11.1 Å². The van der Waals surface area contributed by atoms with Crippen molar-refractivity contribution in [1.82, 2.24) is 0 Å². The first kappa shape index (κ1) is 22.6. The van der Waals surface area contributed by atoms with Crippen molar-refractivity contribution in [3.05, 3.63) is 28.1 Å². The maximum Gasteiger partial charge on any atom is 0.341 e. The lowest BCUT2D eigenvalue weighted by Gasteiger charge is -2.34. The SMILES string of the molecule is CCOC(=O)c1c(NC(=O)[C@@H]2CCOC(C)(C)C2)sc2c1-c1cc(OC)c(OC)cc1C2. The van der Waals surface area contributed by atoms with Gasteiger partial charge < -0.3 is 24.3 Å². The number of fused-ring (bicyclic) bond motifs is 3. The number of esters is 1. The van der Waals surface area contributed by atoms with Gasteiger partial charge in [0.1, 0.15) is 10.6 Å². The number of benzene rings is 1. The van der Waals surface area contributed by atoms with Crippen molar-refractivity contribution in [1.29, 1.82) is 0 Å². The number of ether oxygens (including phenoxy) is 4. The van der Waals surface area contributed by atoms with Gasteiger partial charge >= 0.3 is 5.97 Å². The summed E-state index contributed by atoms with van der Waals surface area (Å²) in [4.78, 5) is 27.1. The maximum atomic E-state index is 13.1. The van der Waals surface area contributed by atoms with Gasteiger partial charge in [0.2, 0.25) is 5.91 Å². The lowest BCUT2D eigenvalue weighted by molar-refractivity contribution is -0.130. The highest BCUT2D eigenvalue weighted by Crippen LogP contribution is 2.50. The molecule has 7 nitrogen and oxygen atoms in total. The van der Waals surface area contributed by atoms with Crippen molar-refractivity contribution in [3.63, 3.8) is 0 Å². The van der Waals surface area contributed by atoms with Gasteiger partial charge in [-0.1, -0.05) is 0 Å². The molecule has 0 unspecified atom stereocenters. The summed E-state index contributed by atoms with van der Waals surface area (Å²) in [6.07, 6.45) is 1.95. The normalized spacial score (nSPS) is 18.5. The second-order valence-corrected chi connectivity index (χ2v) is 9.76. The quantitative estimate of drug-likeness (QED) is 0.540. The number of nitrogens with one attached hydrogen (secondary N) is 1. The monoisotopic (exact) mass is 459 g/mol. The van der Waals surface area contributed by atoms with E-state index < -0.39 is 5.97 Å². The van der Waals surface area contributed by atoms with Crippen LogP contribution in [-0.2, 0) is 20.7 Å². The maximum absolute atomic E-state index is 13.1. The molecule has 1 aromatic carbocycles. The first-order chi connectivity index (χ1) is 15.3. The van der Waals surface area contributed by atoms with Crippen LogP contribution in [0.1, 0.15) is 54.4 Å². The molecule has 1 N–H and O–H groups in total. The predicted octanol–water partition coefficient (Wildman–Crippen LogP) is 4.66. The van der Waals surface area contributed by atoms with E-state index in [-0.39, 0.29) is 24.0 Å². The zero-order valence-corrected chi connectivity index (χ0v) is 19.9. The van der Waals surface area contributed by atoms with Gasteiger partial charge in [0.25, 0.3) is 0 Å². The zero-order valence-electron chi connectivity index (χ0n) is 19.1. The molecule has 2 heterocycles. The fourth-order valence-electron chi connectivity index (χ4n) is 4.52. The fourth-order valence-corrected chi connectivity index (χ4v) is 5.74. The first-order valence-corrected chi connectivity index (χ1v) is 11.6. The zero-order chi connectivity index (χ0) is 23.0. The summed E-state index contributed by atoms with van der Waals surface area (Å²) in [5.41, 5.74) is 2.85. The molecule has 32 heavy (non-hydrogen) atoms. The van der Waals surface area contributed by atoms with Crippen LogP contribution in [-0.4, -0.2) is 44.9 Å². The van der Waals surface area contributed by atoms with Crippen molar-refractivity contribution >= 4 is 28.2 Å². The second-order valence-electron chi connectivity index (χ2n) is 8.65. The lowest BCUT2D eigenvalue weighted by atomic mass is 9.88. The standard InChI is InChI=1S/C24H29NO6S/c1-6-30-23(27)20-19-15-11-17(29-5)16(28-4)9-14(15)10-18(19)32-22(20)25-21(26)13-7-8-31-24(2,3)12-13/h9,11,13H,6-8,10,12H2,1-5H3,(H,25,26)/t13-/m1/s1. The largest absolute Gasteiger partial charge is 0.493 e. The van der Waals surface area contributed by atoms with Crippen LogP contribution >= 0.6 is 11.3 Å². The smallest absolute Gasteiger partial charge is 0.341 e. The molecule has 0 spiro atoms. The van der Waals surface area contributed by atoms with E-state index in [0.717, 1.165) is 21.6 Å². The van der Waals surface area contributed by atoms with E-state index in [1.54, 1.807) is 21.1 Å². The molecule has 2 aromatic rings. The Labute approximate surface area is 192 Å². The van der Waals surface area contributed by atoms with Gasteiger partial charge in [-0.15, -0.1) is 11.3 Å². The number of amides is 1. The minimum absolute atomic E-state index is 0.0839. The van der Waals surface area contributed by atoms with E-state index in [1.807, 2.05) is 26.0 Å². The van der Waals surface area contributed by atoms with E-state index in [1.165, 1.54) is 11.3 Å². The molecule has 0 radical (unpaired) electrons. The molecule has 172 valence electrons. The van der Waals surface area contributed by atoms with Crippen LogP contribution in [0.2, 0.25) is 0 Å². The van der Waals surface area contributed by atoms with Crippen LogP contribution in [0.3, 0.4) is 0 Å². The molecule has 2 aliphatic rings. The Bertz CT molecular complexity index is 1060. The Kier molecular flexibility index (Phi) is 6.18. The summed E-state index contributed by atoms with van der Waals surface area (Å²) in [5.74, 6) is 0.557. The number of hydrogen-bond donors (Lipinski definition) is 1. The summed E-state index contributed by atoms with van der Waals surface area (Å²) in [6.45, 7) is 6.56. The molecule has 1 fully saturated rings. The molecule has 1 atom stereocenters. The predicted molar refractivity (Wildman–Crippen MR) is 123 cm³/mol. The number of anilines is 1. The van der Waals surface area contributed by atoms with Crippen molar-refractivity contribution in [3.8, 4) is 22.6 Å². The van der Waals surface area contributed by atoms with Gasteiger partial charge in [0, 0.05) is 29.4 Å². The van der Waals surface area contributed by atoms with E-state index in [4.69, 9.17) is 18.9 Å². The van der Waals surface area contributed by atoms with E-state index in [2.05, 4.69) is 5.32 Å². The molecule has 0 bridgehead atoms. The summed E-state index contributed by atoms with van der Waals surface area (Å²) in [5, 5.41) is 3.58. The van der Waals surface area contributed by atoms with Crippen molar-refractivity contribution in [2.45, 2.75) is 45.6 Å². The molecular formula is C24H29NO6S. The van der Waals surface area contributed by atoms with E-state index >= 15 is 0 Å². The number of methoxy groups -OCH3 is 2. The Morgan fingerprint density at radius 1 is 1.22 bits per heavy atom.